The predicted molar refractivity (Wildman–Crippen MR) is 49.1 cm³/mol. The van der Waals surface area contributed by atoms with E-state index in [1.54, 1.807) is 0 Å². The monoisotopic (exact) mass is 152 g/mol. The van der Waals surface area contributed by atoms with Gasteiger partial charge in [0, 0.05) is 5.75 Å². The first-order chi connectivity index (χ1) is 4.89. The quantitative estimate of drug-likeness (QED) is 0.514. The number of allylic oxidation sites excluding steroid dienone is 4. The van der Waals surface area contributed by atoms with Crippen molar-refractivity contribution in [1.82, 2.24) is 0 Å². The lowest BCUT2D eigenvalue weighted by Crippen LogP contribution is -1.69. The fraction of sp³-hybridized carbons (Fsp3) is 0.333. The lowest BCUT2D eigenvalue weighted by Gasteiger charge is -1.91. The molecule has 0 N–H and O–H groups in total. The smallest absolute Gasteiger partial charge is 0.0157 e. The number of hydrogen-bond acceptors (Lipinski definition) is 1. The average Bonchev–Trinajstić information content (AvgIpc) is 2.02. The minimum atomic E-state index is 1.09. The maximum atomic E-state index is 2.24. The molecule has 1 heteroatoms. The van der Waals surface area contributed by atoms with Crippen LogP contribution in [0.4, 0.5) is 0 Å². The van der Waals surface area contributed by atoms with Crippen molar-refractivity contribution in [2.75, 3.05) is 5.75 Å². The van der Waals surface area contributed by atoms with Gasteiger partial charge in [-0.25, -0.2) is 0 Å². The Hall–Kier alpha value is -0.430. The minimum absolute atomic E-state index is 1.09. The molecule has 1 aliphatic rings. The van der Waals surface area contributed by atoms with Gasteiger partial charge in [-0.15, -0.1) is 11.8 Å². The molecule has 0 radical (unpaired) electrons. The van der Waals surface area contributed by atoms with E-state index < -0.39 is 0 Å². The molecule has 1 heterocycles. The van der Waals surface area contributed by atoms with Crippen molar-refractivity contribution in [2.24, 2.45) is 0 Å². The summed E-state index contributed by atoms with van der Waals surface area (Å²) in [5, 5.41) is 2.24. The van der Waals surface area contributed by atoms with Gasteiger partial charge in [-0.2, -0.15) is 0 Å². The van der Waals surface area contributed by atoms with Gasteiger partial charge in [-0.1, -0.05) is 29.9 Å². The van der Waals surface area contributed by atoms with E-state index in [1.165, 1.54) is 5.57 Å². The number of thioether (sulfide) groups is 1. The minimum Gasteiger partial charge on any atom is -0.130 e. The molecule has 0 saturated heterocycles. The topological polar surface area (TPSA) is 0 Å². The van der Waals surface area contributed by atoms with Crippen molar-refractivity contribution in [1.29, 1.82) is 0 Å². The Kier molecular flexibility index (Phi) is 3.37. The summed E-state index contributed by atoms with van der Waals surface area (Å²) in [4.78, 5) is 0. The standard InChI is InChI=1S/C9H12S/c1-9-6-4-2-3-5-7-10-8-9/h2-5,8H,6-7H2,1H3/b4-2-,5-3-,9-8-. The molecule has 0 saturated carbocycles. The Morgan fingerprint density at radius 2 is 2.10 bits per heavy atom. The van der Waals surface area contributed by atoms with Crippen LogP contribution >= 0.6 is 11.8 Å². The van der Waals surface area contributed by atoms with E-state index in [4.69, 9.17) is 0 Å². The first kappa shape index (κ1) is 7.67. The Morgan fingerprint density at radius 3 is 3.00 bits per heavy atom. The van der Waals surface area contributed by atoms with E-state index in [-0.39, 0.29) is 0 Å². The fourth-order valence-corrected chi connectivity index (χ4v) is 1.46. The summed E-state index contributed by atoms with van der Waals surface area (Å²) in [6.45, 7) is 2.17. The normalized spacial score (nSPS) is 30.7. The first-order valence-electron chi connectivity index (χ1n) is 3.48. The van der Waals surface area contributed by atoms with Gasteiger partial charge in [0.05, 0.1) is 0 Å². The van der Waals surface area contributed by atoms with Gasteiger partial charge in [0.15, 0.2) is 0 Å². The van der Waals surface area contributed by atoms with Crippen LogP contribution in [0.5, 0.6) is 0 Å². The van der Waals surface area contributed by atoms with E-state index in [0.717, 1.165) is 12.2 Å². The van der Waals surface area contributed by atoms with Gasteiger partial charge < -0.3 is 0 Å². The second kappa shape index (κ2) is 4.40. The van der Waals surface area contributed by atoms with Crippen LogP contribution in [-0.4, -0.2) is 5.75 Å². The molecule has 0 aromatic carbocycles. The summed E-state index contributed by atoms with van der Waals surface area (Å²) >= 11 is 1.86. The van der Waals surface area contributed by atoms with E-state index in [9.17, 15) is 0 Å². The van der Waals surface area contributed by atoms with Gasteiger partial charge in [0.1, 0.15) is 0 Å². The van der Waals surface area contributed by atoms with Crippen LogP contribution in [0.3, 0.4) is 0 Å². The largest absolute Gasteiger partial charge is 0.130 e. The van der Waals surface area contributed by atoms with Crippen LogP contribution in [0.1, 0.15) is 13.3 Å². The summed E-state index contributed by atoms with van der Waals surface area (Å²) in [6.07, 6.45) is 9.68. The Balaban J connectivity index is 2.54. The second-order valence-electron chi connectivity index (χ2n) is 2.36. The highest BCUT2D eigenvalue weighted by Crippen LogP contribution is 2.11. The molecule has 1 rings (SSSR count). The van der Waals surface area contributed by atoms with Gasteiger partial charge in [0.2, 0.25) is 0 Å². The van der Waals surface area contributed by atoms with Gasteiger partial charge in [-0.05, 0) is 18.8 Å². The van der Waals surface area contributed by atoms with Crippen LogP contribution < -0.4 is 0 Å². The van der Waals surface area contributed by atoms with Crippen LogP contribution in [0.25, 0.3) is 0 Å². The summed E-state index contributed by atoms with van der Waals surface area (Å²) < 4.78 is 0. The lowest BCUT2D eigenvalue weighted by molar-refractivity contribution is 1.22. The van der Waals surface area contributed by atoms with Crippen LogP contribution in [0.15, 0.2) is 35.3 Å². The van der Waals surface area contributed by atoms with Gasteiger partial charge in [-0.3, -0.25) is 0 Å². The molecular formula is C9H12S. The molecule has 0 bridgehead atoms. The second-order valence-corrected chi connectivity index (χ2v) is 3.26. The summed E-state index contributed by atoms with van der Waals surface area (Å²) in [5.74, 6) is 1.10. The maximum Gasteiger partial charge on any atom is 0.0157 e. The number of rotatable bonds is 0. The molecule has 0 fully saturated rings. The Labute approximate surface area is 66.7 Å². The van der Waals surface area contributed by atoms with E-state index in [2.05, 4.69) is 36.6 Å². The van der Waals surface area contributed by atoms with Crippen molar-refractivity contribution in [3.63, 3.8) is 0 Å². The molecule has 0 amide bonds. The Morgan fingerprint density at radius 1 is 1.30 bits per heavy atom. The molecule has 0 aromatic rings. The number of hydrogen-bond donors (Lipinski definition) is 0. The van der Waals surface area contributed by atoms with Gasteiger partial charge >= 0.3 is 0 Å². The van der Waals surface area contributed by atoms with E-state index >= 15 is 0 Å². The van der Waals surface area contributed by atoms with Crippen molar-refractivity contribution in [2.45, 2.75) is 13.3 Å². The molecule has 0 aromatic heterocycles. The molecule has 10 heavy (non-hydrogen) atoms. The molecular weight excluding hydrogens is 140 g/mol. The molecule has 0 unspecified atom stereocenters. The highest BCUT2D eigenvalue weighted by Gasteiger charge is 1.86. The zero-order chi connectivity index (χ0) is 7.23. The molecule has 1 aliphatic heterocycles. The molecule has 0 atom stereocenters. The van der Waals surface area contributed by atoms with Gasteiger partial charge in [0.25, 0.3) is 0 Å². The van der Waals surface area contributed by atoms with Crippen molar-refractivity contribution < 1.29 is 0 Å². The third-order valence-corrected chi connectivity index (χ3v) is 2.25. The molecule has 54 valence electrons. The Bertz CT molecular complexity index is 175. The first-order valence-corrected chi connectivity index (χ1v) is 4.53. The molecule has 0 nitrogen and oxygen atoms in total. The van der Waals surface area contributed by atoms with E-state index in [0.29, 0.717) is 0 Å². The van der Waals surface area contributed by atoms with E-state index in [1.807, 2.05) is 11.8 Å². The van der Waals surface area contributed by atoms with Crippen molar-refractivity contribution in [3.8, 4) is 0 Å². The molecule has 0 spiro atoms. The zero-order valence-electron chi connectivity index (χ0n) is 6.21. The SMILES string of the molecule is C/C1=C/SC/C=C\C=C/C1. The zero-order valence-corrected chi connectivity index (χ0v) is 7.03. The summed E-state index contributed by atoms with van der Waals surface area (Å²) in [7, 11) is 0. The highest BCUT2D eigenvalue weighted by atomic mass is 32.2. The fourth-order valence-electron chi connectivity index (χ4n) is 0.761. The summed E-state index contributed by atoms with van der Waals surface area (Å²) in [5.41, 5.74) is 1.45. The summed E-state index contributed by atoms with van der Waals surface area (Å²) in [6, 6.07) is 0. The molecule has 0 aliphatic carbocycles. The predicted octanol–water partition coefficient (Wildman–Crippen LogP) is 3.14. The average molecular weight is 152 g/mol. The maximum absolute atomic E-state index is 2.24. The third kappa shape index (κ3) is 2.92. The van der Waals surface area contributed by atoms with Crippen LogP contribution in [-0.2, 0) is 0 Å². The van der Waals surface area contributed by atoms with Crippen LogP contribution in [0, 0.1) is 0 Å². The van der Waals surface area contributed by atoms with Crippen molar-refractivity contribution in [3.05, 3.63) is 35.3 Å². The highest BCUT2D eigenvalue weighted by molar-refractivity contribution is 8.02. The van der Waals surface area contributed by atoms with Crippen molar-refractivity contribution >= 4 is 11.8 Å². The third-order valence-electron chi connectivity index (χ3n) is 1.30. The van der Waals surface area contributed by atoms with Crippen LogP contribution in [0.2, 0.25) is 0 Å². The lowest BCUT2D eigenvalue weighted by atomic mass is 10.2.